The van der Waals surface area contributed by atoms with E-state index in [1.807, 2.05) is 199 Å². The average molecular weight is 1750 g/mol. The van der Waals surface area contributed by atoms with Gasteiger partial charge in [0, 0.05) is 137 Å². The van der Waals surface area contributed by atoms with Crippen LogP contribution in [0.2, 0.25) is 0 Å². The lowest BCUT2D eigenvalue weighted by Crippen LogP contribution is -2.52. The number of unbranched alkanes of at least 4 members (excludes halogenated alkanes) is 5. The van der Waals surface area contributed by atoms with E-state index in [1.165, 1.54) is 0 Å². The molecule has 8 aromatic carbocycles. The Morgan fingerprint density at radius 3 is 0.500 bits per heavy atom. The van der Waals surface area contributed by atoms with Gasteiger partial charge in [-0.05, 0) is 231 Å². The first kappa shape index (κ1) is 98.4. The molecule has 8 amide bonds. The molecule has 0 atom stereocenters. The van der Waals surface area contributed by atoms with E-state index in [4.69, 9.17) is 0 Å². The highest BCUT2D eigenvalue weighted by Gasteiger charge is 2.26. The molecule has 14 aliphatic rings. The predicted molar refractivity (Wildman–Crippen MR) is 509 cm³/mol. The first-order valence-electron chi connectivity index (χ1n) is 46.7. The summed E-state index contributed by atoms with van der Waals surface area (Å²) >= 11 is 0. The monoisotopic (exact) mass is 1750 g/mol. The van der Waals surface area contributed by atoms with Gasteiger partial charge in [-0.15, -0.1) is 0 Å². The molecule has 0 unspecified atom stereocenters. The van der Waals surface area contributed by atoms with Crippen LogP contribution < -0.4 is 73.6 Å². The van der Waals surface area contributed by atoms with Crippen LogP contribution in [0, 0.1) is 0 Å². The Morgan fingerprint density at radius 1 is 0.211 bits per heavy atom. The summed E-state index contributed by atoms with van der Waals surface area (Å²) in [5, 5.41) is 22.2. The van der Waals surface area contributed by atoms with Crippen LogP contribution in [0.1, 0.15) is 199 Å². The number of amides is 8. The SMILES string of the molecule is [NH3+]CCC(=O)N1CCCCN(C(=O)CC[NH3+])c2ccc(cc2)Cc2ccc(cc2)N(C(=O)CCC(O)=NCCCCCCCCN=C(O)CCC(=O)N2CCCCN(C(=O)CC[NH3+])c3ccc(cc3)Cc3ccc(cc3)N(C(=O)CC[NH3+])CCCCN(C(=O)CC[NH3+])c3ccc(cc3)Cc3ccc2cc3)CCCCN(C(=O)CC[NH3+])c2ccc(cc2)Cc2ccc1cc2. The summed E-state index contributed by atoms with van der Waals surface area (Å²) in [5.74, 6) is -0.450. The number of quaternary nitrogens is 6. The number of aliphatic imine (C=N–C) groups is 2. The van der Waals surface area contributed by atoms with Gasteiger partial charge in [0.1, 0.15) is 0 Å². The molecule has 0 saturated carbocycles. The smallest absolute Gasteiger partial charge is 0.232 e. The minimum atomic E-state index is -0.151. The van der Waals surface area contributed by atoms with Gasteiger partial charge in [-0.2, -0.15) is 0 Å². The Kier molecular flexibility index (Phi) is 40.8. The molecule has 0 saturated heterocycles. The molecule has 0 spiro atoms. The number of nitrogens with zero attached hydrogens (tertiary/aromatic N) is 10. The molecule has 0 aromatic heterocycles. The lowest BCUT2D eigenvalue weighted by molar-refractivity contribution is -0.366. The van der Waals surface area contributed by atoms with Gasteiger partial charge in [-0.1, -0.05) is 123 Å². The minimum Gasteiger partial charge on any atom is -0.497 e. The number of aliphatic hydroxyl groups is 2. The molecular formula is C102H140N16O10+6. The largest absolute Gasteiger partial charge is 0.497 e. The average Bonchev–Trinajstić information content (AvgIpc) is 0.846. The Balaban J connectivity index is 0.718. The van der Waals surface area contributed by atoms with Gasteiger partial charge in [-0.25, -0.2) is 0 Å². The number of hydrogen-bond donors (Lipinski definition) is 8. The fourth-order valence-electron chi connectivity index (χ4n) is 16.6. The van der Waals surface area contributed by atoms with Gasteiger partial charge in [0.15, 0.2) is 11.8 Å². The number of hydrogen-bond acceptors (Lipinski definition) is 10. The number of rotatable bonds is 27. The topological polar surface area (TPSA) is 394 Å². The van der Waals surface area contributed by atoms with Crippen LogP contribution in [-0.2, 0) is 64.0 Å². The van der Waals surface area contributed by atoms with Gasteiger partial charge in [0.25, 0.3) is 0 Å². The van der Waals surface area contributed by atoms with Crippen molar-refractivity contribution in [3.63, 3.8) is 0 Å². The first-order chi connectivity index (χ1) is 62.3. The summed E-state index contributed by atoms with van der Waals surface area (Å²) in [6.07, 6.45) is 15.1. The number of carbonyl (C=O) groups excluding carboxylic acids is 8. The maximum atomic E-state index is 14.4. The van der Waals surface area contributed by atoms with Crippen molar-refractivity contribution >= 4 is 105 Å². The van der Waals surface area contributed by atoms with E-state index < -0.39 is 0 Å². The molecule has 16 bridgehead atoms. The molecule has 128 heavy (non-hydrogen) atoms. The minimum absolute atomic E-state index is 0.00132. The van der Waals surface area contributed by atoms with Gasteiger partial charge in [-0.3, -0.25) is 48.3 Å². The standard InChI is InChI=1S/C102H134N16O10/c103-57-51-97(123)113-67-9-7-65-111(85-31-15-77(16-32-85)73-79-19-39-89(40-20-79)115(99(125)53-59-105)69-11-13-71-117(101(127)55-61-107)91-43-27-83(28-44-91)75-81-23-35-87(113)36-24-81)95(121)49-47-93(119)109-63-5-3-1-2-4-6-64-110-94(120)48-50-96(122)112-66-8-10-68-114(98(124)52-58-104)88-37-25-82(26-38-88)76-84-29-45-92(46-30-84)118(102(128)56-62-108)72-14-12-70-116(100(126)54-60-106)90-41-21-80(22-42-90)74-78-17-33-86(112)34-18-78/h15-46H,1-14,47-76,103-108H2,(H,109,119)(H,110,120)/p+6. The Morgan fingerprint density at radius 2 is 0.352 bits per heavy atom. The van der Waals surface area contributed by atoms with Crippen LogP contribution >= 0.6 is 0 Å². The van der Waals surface area contributed by atoms with Gasteiger partial charge < -0.3 is 83.8 Å². The van der Waals surface area contributed by atoms with E-state index in [1.54, 1.807) is 9.80 Å². The first-order valence-corrected chi connectivity index (χ1v) is 46.7. The molecule has 14 aliphatic heterocycles. The quantitative estimate of drug-likeness (QED) is 0.0137. The van der Waals surface area contributed by atoms with Crippen molar-refractivity contribution in [2.24, 2.45) is 9.98 Å². The maximum Gasteiger partial charge on any atom is 0.232 e. The third kappa shape index (κ3) is 31.0. The fraction of sp³-hybridized carbons (Fsp3) is 0.431. The summed E-state index contributed by atoms with van der Waals surface area (Å²) < 4.78 is 0. The summed E-state index contributed by atoms with van der Waals surface area (Å²) in [7, 11) is 0. The van der Waals surface area contributed by atoms with Crippen molar-refractivity contribution in [2.45, 2.75) is 180 Å². The summed E-state index contributed by atoms with van der Waals surface area (Å²) in [6.45, 7) is 7.35. The molecule has 0 fully saturated rings. The van der Waals surface area contributed by atoms with Crippen LogP contribution in [0.3, 0.4) is 0 Å². The second-order valence-corrected chi connectivity index (χ2v) is 33.6. The molecule has 26 heteroatoms. The molecule has 14 heterocycles. The molecule has 8 aromatic rings. The summed E-state index contributed by atoms with van der Waals surface area (Å²) in [4.78, 5) is 134. The Bertz CT molecular complexity index is 4550. The normalized spacial score (nSPS) is 14.7. The molecule has 682 valence electrons. The second-order valence-electron chi connectivity index (χ2n) is 33.6. The highest BCUT2D eigenvalue weighted by atomic mass is 16.3. The maximum absolute atomic E-state index is 14.4. The van der Waals surface area contributed by atoms with Crippen LogP contribution in [0.4, 0.5) is 45.5 Å². The number of carbonyl (C=O) groups is 8. The van der Waals surface area contributed by atoms with E-state index in [-0.39, 0.29) is 84.7 Å². The number of benzene rings is 8. The van der Waals surface area contributed by atoms with Crippen LogP contribution in [-0.4, -0.2) is 174 Å². The third-order valence-corrected chi connectivity index (χ3v) is 23.7. The molecule has 22 rings (SSSR count). The molecular weight excluding hydrogens is 1610 g/mol. The molecule has 20 N–H and O–H groups in total. The zero-order chi connectivity index (χ0) is 90.8. The van der Waals surface area contributed by atoms with Crippen molar-refractivity contribution in [1.82, 2.24) is 0 Å². The van der Waals surface area contributed by atoms with Crippen molar-refractivity contribution in [1.29, 1.82) is 0 Å². The third-order valence-electron chi connectivity index (χ3n) is 23.7. The van der Waals surface area contributed by atoms with Crippen molar-refractivity contribution in [3.05, 3.63) is 239 Å². The van der Waals surface area contributed by atoms with Gasteiger partial charge in [0.2, 0.25) is 47.3 Å². The Labute approximate surface area is 755 Å². The second kappa shape index (κ2) is 53.1. The lowest BCUT2D eigenvalue weighted by atomic mass is 10.0. The van der Waals surface area contributed by atoms with Gasteiger partial charge in [0.05, 0.1) is 77.8 Å². The number of anilines is 8. The molecule has 0 aliphatic carbocycles. The summed E-state index contributed by atoms with van der Waals surface area (Å²) in [5.41, 5.74) is 38.5. The number of aliphatic hydroxyl groups excluding tert-OH is 2. The van der Waals surface area contributed by atoms with Gasteiger partial charge >= 0.3 is 0 Å². The van der Waals surface area contributed by atoms with Crippen molar-refractivity contribution < 1.29 is 83.0 Å². The Hall–Kier alpha value is -11.8. The van der Waals surface area contributed by atoms with E-state index >= 15 is 0 Å². The van der Waals surface area contributed by atoms with Crippen LogP contribution in [0.15, 0.2) is 204 Å². The highest BCUT2D eigenvalue weighted by molar-refractivity contribution is 5.99. The van der Waals surface area contributed by atoms with Crippen molar-refractivity contribution in [3.8, 4) is 0 Å². The van der Waals surface area contributed by atoms with E-state index in [0.717, 1.165) is 129 Å². The fourth-order valence-corrected chi connectivity index (χ4v) is 16.6. The van der Waals surface area contributed by atoms with E-state index in [0.29, 0.717) is 220 Å². The summed E-state index contributed by atoms with van der Waals surface area (Å²) in [6, 6.07) is 64.5. The zero-order valence-corrected chi connectivity index (χ0v) is 75.5. The van der Waals surface area contributed by atoms with E-state index in [9.17, 15) is 48.6 Å². The predicted octanol–water partition coefficient (Wildman–Crippen LogP) is 9.57. The molecule has 0 radical (unpaired) electrons. The highest BCUT2D eigenvalue weighted by Crippen LogP contribution is 2.30. The van der Waals surface area contributed by atoms with E-state index in [2.05, 4.69) is 68.7 Å². The van der Waals surface area contributed by atoms with Crippen molar-refractivity contribution in [2.75, 3.05) is 144 Å². The van der Waals surface area contributed by atoms with Crippen LogP contribution in [0.25, 0.3) is 0 Å². The molecule has 26 nitrogen and oxygen atoms in total. The lowest BCUT2D eigenvalue weighted by Gasteiger charge is -2.26. The zero-order valence-electron chi connectivity index (χ0n) is 75.5. The van der Waals surface area contributed by atoms with Crippen LogP contribution in [0.5, 0.6) is 0 Å².